The maximum absolute atomic E-state index is 6.22. The molecule has 3 aliphatic rings. The number of nitrogens with zero attached hydrogens (tertiary/aromatic N) is 2. The number of aromatic nitrogens is 1. The molecule has 2 aromatic carbocycles. The molecule has 3 aliphatic heterocycles. The number of rotatable bonds is 4. The van der Waals surface area contributed by atoms with Crippen molar-refractivity contribution in [3.63, 3.8) is 0 Å². The van der Waals surface area contributed by atoms with Crippen LogP contribution in [0.25, 0.3) is 11.1 Å². The normalized spacial score (nSPS) is 23.9. The summed E-state index contributed by atoms with van der Waals surface area (Å²) in [6, 6.07) is 15.2. The van der Waals surface area contributed by atoms with Crippen LogP contribution in [-0.2, 0) is 6.61 Å². The molecule has 2 atom stereocenters. The third-order valence-corrected chi connectivity index (χ3v) is 6.99. The summed E-state index contributed by atoms with van der Waals surface area (Å²) in [4.78, 5) is 7.14. The van der Waals surface area contributed by atoms with Gasteiger partial charge in [-0.25, -0.2) is 0 Å². The lowest BCUT2D eigenvalue weighted by Crippen LogP contribution is -2.80. The van der Waals surface area contributed by atoms with E-state index < -0.39 is 0 Å². The summed E-state index contributed by atoms with van der Waals surface area (Å²) in [7, 11) is 0. The molecule has 0 spiro atoms. The fourth-order valence-corrected chi connectivity index (χ4v) is 4.90. The summed E-state index contributed by atoms with van der Waals surface area (Å²) in [5.74, 6) is 0.743. The van der Waals surface area contributed by atoms with Crippen LogP contribution in [0.5, 0.6) is 5.75 Å². The van der Waals surface area contributed by atoms with E-state index in [-0.39, 0.29) is 11.0 Å². The zero-order chi connectivity index (χ0) is 20.2. The van der Waals surface area contributed by atoms with Gasteiger partial charge in [0, 0.05) is 24.7 Å². The van der Waals surface area contributed by atoms with E-state index in [1.54, 1.807) is 0 Å². The van der Waals surface area contributed by atoms with Gasteiger partial charge in [0.1, 0.15) is 12.4 Å². The smallest absolute Gasteiger partial charge is 0.298 e. The van der Waals surface area contributed by atoms with E-state index in [1.165, 1.54) is 6.42 Å². The second kappa shape index (κ2) is 6.74. The van der Waals surface area contributed by atoms with Crippen molar-refractivity contribution in [2.45, 2.75) is 45.4 Å². The number of anilines is 1. The fraction of sp³-hybridized carbons (Fsp3) is 0.435. The Hall–Kier alpha value is -2.05. The largest absolute Gasteiger partial charge is 0.486 e. The number of hydrogen-bond donors (Lipinski definition) is 1. The molecule has 152 valence electrons. The van der Waals surface area contributed by atoms with Crippen LogP contribution in [0.1, 0.15) is 32.8 Å². The van der Waals surface area contributed by atoms with Gasteiger partial charge in [-0.2, -0.15) is 4.98 Å². The standard InChI is InChI=1S/C23H26BrN3O2/c1-22(2,3)23-11-16(26-23)12-27(14-23)21-25-19-18(10-9-17(24)20(19)29-21)28-13-15-7-5-4-6-8-15/h4-10,16,26H,11-14H2,1-3H3. The molecule has 3 aromatic rings. The Labute approximate surface area is 179 Å². The van der Waals surface area contributed by atoms with Crippen LogP contribution in [0.15, 0.2) is 51.4 Å². The van der Waals surface area contributed by atoms with Gasteiger partial charge in [0.25, 0.3) is 6.01 Å². The molecule has 0 radical (unpaired) electrons. The van der Waals surface area contributed by atoms with Crippen LogP contribution in [0.4, 0.5) is 6.01 Å². The van der Waals surface area contributed by atoms with Crippen LogP contribution in [0.2, 0.25) is 0 Å². The Morgan fingerprint density at radius 1 is 1.24 bits per heavy atom. The molecule has 1 N–H and O–H groups in total. The summed E-state index contributed by atoms with van der Waals surface area (Å²) in [5, 5.41) is 3.78. The number of ether oxygens (including phenoxy) is 1. The predicted octanol–water partition coefficient (Wildman–Crippen LogP) is 5.14. The van der Waals surface area contributed by atoms with E-state index in [0.717, 1.165) is 40.0 Å². The minimum absolute atomic E-state index is 0.112. The SMILES string of the molecule is CC(C)(C)C12CC(CN(c3nc4c(OCc5ccccc5)ccc(Br)c4o3)C1)N2. The van der Waals surface area contributed by atoms with E-state index in [9.17, 15) is 0 Å². The summed E-state index contributed by atoms with van der Waals surface area (Å²) in [5.41, 5.74) is 2.92. The topological polar surface area (TPSA) is 50.5 Å². The minimum Gasteiger partial charge on any atom is -0.486 e. The highest BCUT2D eigenvalue weighted by atomic mass is 79.9. The van der Waals surface area contributed by atoms with Crippen molar-refractivity contribution >= 4 is 33.0 Å². The van der Waals surface area contributed by atoms with Gasteiger partial charge in [0.15, 0.2) is 11.1 Å². The van der Waals surface area contributed by atoms with Gasteiger partial charge < -0.3 is 19.4 Å². The lowest BCUT2D eigenvalue weighted by atomic mass is 9.62. The van der Waals surface area contributed by atoms with Crippen LogP contribution in [-0.4, -0.2) is 29.7 Å². The maximum atomic E-state index is 6.22. The predicted molar refractivity (Wildman–Crippen MR) is 118 cm³/mol. The zero-order valence-electron chi connectivity index (χ0n) is 17.0. The van der Waals surface area contributed by atoms with Gasteiger partial charge in [-0.15, -0.1) is 0 Å². The first-order valence-corrected chi connectivity index (χ1v) is 10.9. The molecule has 2 unspecified atom stereocenters. The number of piperidine rings is 1. The third kappa shape index (κ3) is 3.22. The van der Waals surface area contributed by atoms with Gasteiger partial charge in [0.05, 0.1) is 4.47 Å². The molecular weight excluding hydrogens is 430 g/mol. The highest BCUT2D eigenvalue weighted by molar-refractivity contribution is 9.10. The van der Waals surface area contributed by atoms with E-state index in [4.69, 9.17) is 14.1 Å². The molecule has 0 saturated carbocycles. The number of nitrogens with one attached hydrogen (secondary N) is 1. The van der Waals surface area contributed by atoms with E-state index in [1.807, 2.05) is 30.3 Å². The monoisotopic (exact) mass is 455 g/mol. The highest BCUT2D eigenvalue weighted by Gasteiger charge is 2.56. The lowest BCUT2D eigenvalue weighted by Gasteiger charge is -2.62. The summed E-state index contributed by atoms with van der Waals surface area (Å²) in [6.45, 7) is 9.23. The van der Waals surface area contributed by atoms with Crippen LogP contribution < -0.4 is 15.0 Å². The van der Waals surface area contributed by atoms with E-state index in [2.05, 4.69) is 59.1 Å². The maximum Gasteiger partial charge on any atom is 0.298 e. The quantitative estimate of drug-likeness (QED) is 0.590. The van der Waals surface area contributed by atoms with Crippen LogP contribution >= 0.6 is 15.9 Å². The highest BCUT2D eigenvalue weighted by Crippen LogP contribution is 2.46. The second-order valence-corrected chi connectivity index (χ2v) is 10.1. The molecule has 29 heavy (non-hydrogen) atoms. The molecule has 0 amide bonds. The number of benzene rings is 2. The molecule has 1 aromatic heterocycles. The Bertz CT molecular complexity index is 1040. The average Bonchev–Trinajstić information content (AvgIpc) is 3.14. The first-order chi connectivity index (χ1) is 13.8. The molecular formula is C23H26BrN3O2. The molecule has 5 nitrogen and oxygen atoms in total. The second-order valence-electron chi connectivity index (χ2n) is 9.25. The molecule has 3 fully saturated rings. The molecule has 3 saturated heterocycles. The summed E-state index contributed by atoms with van der Waals surface area (Å²) < 4.78 is 13.2. The van der Waals surface area contributed by atoms with Crippen LogP contribution in [0, 0.1) is 5.41 Å². The number of fused-ring (bicyclic) bond motifs is 3. The summed E-state index contributed by atoms with van der Waals surface area (Å²) in [6.07, 6.45) is 1.21. The molecule has 6 heteroatoms. The zero-order valence-corrected chi connectivity index (χ0v) is 18.6. The van der Waals surface area contributed by atoms with Crippen molar-refractivity contribution in [3.05, 3.63) is 52.5 Å². The summed E-state index contributed by atoms with van der Waals surface area (Å²) >= 11 is 3.61. The Kier molecular flexibility index (Phi) is 4.40. The number of hydrogen-bond acceptors (Lipinski definition) is 5. The van der Waals surface area contributed by atoms with Crippen molar-refractivity contribution in [2.75, 3.05) is 18.0 Å². The van der Waals surface area contributed by atoms with Gasteiger partial charge in [-0.1, -0.05) is 51.1 Å². The van der Waals surface area contributed by atoms with Gasteiger partial charge >= 0.3 is 0 Å². The lowest BCUT2D eigenvalue weighted by molar-refractivity contribution is 0.00504. The van der Waals surface area contributed by atoms with Crippen molar-refractivity contribution in [2.24, 2.45) is 5.41 Å². The number of halogens is 1. The Morgan fingerprint density at radius 3 is 2.72 bits per heavy atom. The van der Waals surface area contributed by atoms with Crippen LogP contribution in [0.3, 0.4) is 0 Å². The number of piperazine rings is 1. The molecule has 0 aliphatic carbocycles. The number of oxazole rings is 1. The minimum atomic E-state index is 0.112. The van der Waals surface area contributed by atoms with Crippen molar-refractivity contribution in [3.8, 4) is 5.75 Å². The molecule has 2 bridgehead atoms. The van der Waals surface area contributed by atoms with E-state index >= 15 is 0 Å². The molecule has 4 heterocycles. The van der Waals surface area contributed by atoms with E-state index in [0.29, 0.717) is 18.7 Å². The first kappa shape index (κ1) is 18.9. The van der Waals surface area contributed by atoms with Gasteiger partial charge in [0.2, 0.25) is 0 Å². The van der Waals surface area contributed by atoms with Crippen molar-refractivity contribution in [1.82, 2.24) is 10.3 Å². The first-order valence-electron chi connectivity index (χ1n) is 10.1. The Balaban J connectivity index is 1.44. The van der Waals surface area contributed by atoms with Crippen molar-refractivity contribution < 1.29 is 9.15 Å². The van der Waals surface area contributed by atoms with Gasteiger partial charge in [-0.05, 0) is 45.5 Å². The van der Waals surface area contributed by atoms with Crippen molar-refractivity contribution in [1.29, 1.82) is 0 Å². The molecule has 6 rings (SSSR count). The Morgan fingerprint density at radius 2 is 2.00 bits per heavy atom. The third-order valence-electron chi connectivity index (χ3n) is 6.37. The average molecular weight is 456 g/mol. The van der Waals surface area contributed by atoms with Gasteiger partial charge in [-0.3, -0.25) is 0 Å². The fourth-order valence-electron chi connectivity index (χ4n) is 4.50.